The summed E-state index contributed by atoms with van der Waals surface area (Å²) in [5.41, 5.74) is 0. The second-order valence-electron chi connectivity index (χ2n) is 5.52. The molecule has 0 aromatic heterocycles. The van der Waals surface area contributed by atoms with E-state index in [0.717, 1.165) is 29.6 Å². The molecule has 2 rings (SSSR count). The third-order valence-corrected chi connectivity index (χ3v) is 4.46. The Bertz CT molecular complexity index is 187. The first kappa shape index (κ1) is 8.65. The molecule has 0 aromatic carbocycles. The van der Waals surface area contributed by atoms with Crippen molar-refractivity contribution in [3.63, 3.8) is 0 Å². The summed E-state index contributed by atoms with van der Waals surface area (Å²) >= 11 is 0. The van der Waals surface area contributed by atoms with Crippen molar-refractivity contribution in [2.45, 2.75) is 63.9 Å². The van der Waals surface area contributed by atoms with Gasteiger partial charge in [-0.3, -0.25) is 0 Å². The highest BCUT2D eigenvalue weighted by atomic mass is 14.6. The quantitative estimate of drug-likeness (QED) is 0.555. The maximum atomic E-state index is 2.47. The van der Waals surface area contributed by atoms with Crippen LogP contribution in [0.3, 0.4) is 0 Å². The third-order valence-electron chi connectivity index (χ3n) is 4.46. The lowest BCUT2D eigenvalue weighted by atomic mass is 9.37. The minimum atomic E-state index is 0.842. The van der Waals surface area contributed by atoms with Gasteiger partial charge in [-0.2, -0.15) is 0 Å². The molecule has 0 aliphatic carbocycles. The molecule has 0 saturated carbocycles. The molecule has 0 nitrogen and oxygen atoms in total. The Morgan fingerprint density at radius 2 is 2.17 bits per heavy atom. The SMILES string of the molecule is CCC1CC2(CC(C)C)B1C2C. The molecule has 2 heterocycles. The first-order valence-electron chi connectivity index (χ1n) is 5.62. The highest BCUT2D eigenvalue weighted by Gasteiger charge is 2.73. The van der Waals surface area contributed by atoms with Gasteiger partial charge < -0.3 is 0 Å². The molecule has 0 amide bonds. The molecule has 3 unspecified atom stereocenters. The second-order valence-corrected chi connectivity index (χ2v) is 5.52. The summed E-state index contributed by atoms with van der Waals surface area (Å²) in [6, 6.07) is 0. The molecule has 0 spiro atoms. The minimum Gasteiger partial charge on any atom is -0.0692 e. The zero-order valence-corrected chi connectivity index (χ0v) is 8.93. The molecule has 2 saturated heterocycles. The Morgan fingerprint density at radius 1 is 1.50 bits per heavy atom. The molecule has 2 aliphatic rings. The van der Waals surface area contributed by atoms with Crippen LogP contribution in [0.2, 0.25) is 16.9 Å². The van der Waals surface area contributed by atoms with Crippen LogP contribution in [0, 0.1) is 5.92 Å². The standard InChI is InChI=1S/C11H21B/c1-5-10-7-11(6-8(2)3)9(4)12(10)11/h8-10H,5-7H2,1-4H3. The molecular formula is C11H21B. The summed E-state index contributed by atoms with van der Waals surface area (Å²) in [6.07, 6.45) is 4.47. The number of hydrogen-bond acceptors (Lipinski definition) is 0. The molecule has 2 aliphatic heterocycles. The number of hydrogen-bond donors (Lipinski definition) is 0. The van der Waals surface area contributed by atoms with Gasteiger partial charge in [0.2, 0.25) is 0 Å². The van der Waals surface area contributed by atoms with E-state index < -0.39 is 0 Å². The van der Waals surface area contributed by atoms with Gasteiger partial charge in [-0.15, -0.1) is 0 Å². The van der Waals surface area contributed by atoms with E-state index in [9.17, 15) is 0 Å². The van der Waals surface area contributed by atoms with E-state index in [0.29, 0.717) is 0 Å². The fraction of sp³-hybridized carbons (Fsp3) is 1.00. The normalized spacial score (nSPS) is 44.2. The van der Waals surface area contributed by atoms with Crippen LogP contribution in [-0.4, -0.2) is 6.71 Å². The van der Waals surface area contributed by atoms with Crippen molar-refractivity contribution in [1.82, 2.24) is 0 Å². The topological polar surface area (TPSA) is 0 Å². The average molecular weight is 164 g/mol. The predicted octanol–water partition coefficient (Wildman–Crippen LogP) is 3.86. The van der Waals surface area contributed by atoms with Crippen LogP contribution in [0.1, 0.15) is 47.0 Å². The zero-order chi connectivity index (χ0) is 8.93. The van der Waals surface area contributed by atoms with E-state index in [1.807, 2.05) is 0 Å². The Balaban J connectivity index is 1.93. The van der Waals surface area contributed by atoms with Crippen LogP contribution in [0.5, 0.6) is 0 Å². The summed E-state index contributed by atoms with van der Waals surface area (Å²) in [5.74, 6) is 3.07. The summed E-state index contributed by atoms with van der Waals surface area (Å²) in [5, 5.41) is 0.842. The molecule has 68 valence electrons. The van der Waals surface area contributed by atoms with E-state index in [-0.39, 0.29) is 0 Å². The monoisotopic (exact) mass is 164 g/mol. The Hall–Kier alpha value is 0.0649. The highest BCUT2D eigenvalue weighted by molar-refractivity contribution is 6.81. The van der Waals surface area contributed by atoms with E-state index >= 15 is 0 Å². The predicted molar refractivity (Wildman–Crippen MR) is 56.0 cm³/mol. The molecule has 12 heavy (non-hydrogen) atoms. The van der Waals surface area contributed by atoms with Crippen LogP contribution in [-0.2, 0) is 0 Å². The molecule has 0 radical (unpaired) electrons. The van der Waals surface area contributed by atoms with Crippen LogP contribution < -0.4 is 0 Å². The van der Waals surface area contributed by atoms with Gasteiger partial charge in [-0.25, -0.2) is 0 Å². The van der Waals surface area contributed by atoms with E-state index in [4.69, 9.17) is 0 Å². The van der Waals surface area contributed by atoms with Gasteiger partial charge in [0.25, 0.3) is 0 Å². The van der Waals surface area contributed by atoms with Gasteiger partial charge in [0, 0.05) is 0 Å². The van der Waals surface area contributed by atoms with Crippen molar-refractivity contribution in [3.8, 4) is 0 Å². The summed E-state index contributed by atoms with van der Waals surface area (Å²) in [6.45, 7) is 10.7. The molecule has 0 aromatic rings. The van der Waals surface area contributed by atoms with Crippen LogP contribution in [0.4, 0.5) is 0 Å². The molecule has 0 N–H and O–H groups in total. The lowest BCUT2D eigenvalue weighted by Crippen LogP contribution is -2.25. The molecule has 1 heteroatoms. The Labute approximate surface area is 77.2 Å². The van der Waals surface area contributed by atoms with Crippen LogP contribution in [0.15, 0.2) is 0 Å². The van der Waals surface area contributed by atoms with Crippen molar-refractivity contribution in [2.75, 3.05) is 0 Å². The van der Waals surface area contributed by atoms with E-state index in [2.05, 4.69) is 27.7 Å². The van der Waals surface area contributed by atoms with Crippen molar-refractivity contribution in [3.05, 3.63) is 0 Å². The average Bonchev–Trinajstić information content (AvgIpc) is 2.34. The maximum Gasteiger partial charge on any atom is 0.152 e. The van der Waals surface area contributed by atoms with Gasteiger partial charge in [-0.05, 0) is 5.92 Å². The molecule has 0 bridgehead atoms. The minimum absolute atomic E-state index is 0.842. The smallest absolute Gasteiger partial charge is 0.0692 e. The maximum absolute atomic E-state index is 2.47. The van der Waals surface area contributed by atoms with Crippen molar-refractivity contribution >= 4 is 6.71 Å². The van der Waals surface area contributed by atoms with Gasteiger partial charge in [-0.1, -0.05) is 63.9 Å². The van der Waals surface area contributed by atoms with Gasteiger partial charge in [0.05, 0.1) is 0 Å². The van der Waals surface area contributed by atoms with Crippen LogP contribution >= 0.6 is 0 Å². The fourth-order valence-corrected chi connectivity index (χ4v) is 3.96. The first-order chi connectivity index (χ1) is 5.62. The third kappa shape index (κ3) is 0.915. The van der Waals surface area contributed by atoms with Crippen molar-refractivity contribution < 1.29 is 0 Å². The Kier molecular flexibility index (Phi) is 1.82. The lowest BCUT2D eigenvalue weighted by Gasteiger charge is -2.34. The van der Waals surface area contributed by atoms with E-state index in [1.54, 1.807) is 6.42 Å². The van der Waals surface area contributed by atoms with Crippen LogP contribution in [0.25, 0.3) is 0 Å². The Morgan fingerprint density at radius 3 is 2.58 bits per heavy atom. The van der Waals surface area contributed by atoms with Gasteiger partial charge in [0.1, 0.15) is 0 Å². The molecule has 3 atom stereocenters. The highest BCUT2D eigenvalue weighted by Crippen LogP contribution is 2.82. The van der Waals surface area contributed by atoms with Crippen molar-refractivity contribution in [2.24, 2.45) is 5.92 Å². The summed E-state index contributed by atoms with van der Waals surface area (Å²) in [7, 11) is 0. The zero-order valence-electron chi connectivity index (χ0n) is 8.93. The largest absolute Gasteiger partial charge is 0.152 e. The molecule has 2 fully saturated rings. The van der Waals surface area contributed by atoms with Crippen molar-refractivity contribution in [1.29, 1.82) is 0 Å². The van der Waals surface area contributed by atoms with E-state index in [1.165, 1.54) is 12.8 Å². The molecular weight excluding hydrogens is 143 g/mol. The van der Waals surface area contributed by atoms with Gasteiger partial charge in [0.15, 0.2) is 6.71 Å². The number of fused-ring (bicyclic) bond motifs is 1. The summed E-state index contributed by atoms with van der Waals surface area (Å²) in [4.78, 5) is 0. The fourth-order valence-electron chi connectivity index (χ4n) is 3.96. The van der Waals surface area contributed by atoms with Gasteiger partial charge >= 0.3 is 0 Å². The first-order valence-corrected chi connectivity index (χ1v) is 5.62. The summed E-state index contributed by atoms with van der Waals surface area (Å²) < 4.78 is 0. The lowest BCUT2D eigenvalue weighted by molar-refractivity contribution is 0.414. The number of rotatable bonds is 3. The second kappa shape index (κ2) is 2.53.